The fourth-order valence-corrected chi connectivity index (χ4v) is 3.11. The Hall–Kier alpha value is -2.11. The van der Waals surface area contributed by atoms with Crippen LogP contribution in [0.3, 0.4) is 0 Å². The van der Waals surface area contributed by atoms with Crippen molar-refractivity contribution < 1.29 is 9.31 Å². The van der Waals surface area contributed by atoms with Gasteiger partial charge in [0.1, 0.15) is 5.65 Å². The Morgan fingerprint density at radius 1 is 1.00 bits per heavy atom. The largest absolute Gasteiger partial charge is 0.496 e. The van der Waals surface area contributed by atoms with E-state index in [4.69, 9.17) is 9.31 Å². The van der Waals surface area contributed by atoms with E-state index in [2.05, 4.69) is 79.8 Å². The van der Waals surface area contributed by atoms with Crippen LogP contribution in [0.25, 0.3) is 11.0 Å². The molecular formula is C20H23BN2O2. The molecule has 0 N–H and O–H groups in total. The maximum absolute atomic E-state index is 6.13. The molecule has 0 saturated carbocycles. The molecule has 4 nitrogen and oxygen atoms in total. The molecule has 25 heavy (non-hydrogen) atoms. The van der Waals surface area contributed by atoms with E-state index in [0.29, 0.717) is 0 Å². The van der Waals surface area contributed by atoms with Crippen molar-refractivity contribution in [1.29, 1.82) is 0 Å². The lowest BCUT2D eigenvalue weighted by Gasteiger charge is -2.32. The van der Waals surface area contributed by atoms with E-state index in [0.717, 1.165) is 23.0 Å². The van der Waals surface area contributed by atoms with Gasteiger partial charge in [0.15, 0.2) is 0 Å². The van der Waals surface area contributed by atoms with Gasteiger partial charge in [-0.15, -0.1) is 0 Å². The van der Waals surface area contributed by atoms with Gasteiger partial charge in [-0.25, -0.2) is 4.98 Å². The summed E-state index contributed by atoms with van der Waals surface area (Å²) in [6.45, 7) is 9.07. The molecule has 0 unspecified atom stereocenters. The summed E-state index contributed by atoms with van der Waals surface area (Å²) in [6.07, 6.45) is 3.95. The Bertz CT molecular complexity index is 886. The van der Waals surface area contributed by atoms with Gasteiger partial charge in [0.05, 0.1) is 11.2 Å². The standard InChI is InChI=1S/C20H23BN2O2/c1-19(2)20(3,4)25-21(24-19)17-12-16-10-11-23(18(16)22-13-17)14-15-8-6-5-7-9-15/h5-13H,14H2,1-4H3. The predicted octanol–water partition coefficient (Wildman–Crippen LogP) is 3.38. The smallest absolute Gasteiger partial charge is 0.399 e. The fraction of sp³-hybridized carbons (Fsp3) is 0.350. The molecule has 0 spiro atoms. The molecule has 1 aromatic carbocycles. The van der Waals surface area contributed by atoms with Crippen LogP contribution in [0.4, 0.5) is 0 Å². The van der Waals surface area contributed by atoms with E-state index in [9.17, 15) is 0 Å². The van der Waals surface area contributed by atoms with Gasteiger partial charge in [0.25, 0.3) is 0 Å². The van der Waals surface area contributed by atoms with Gasteiger partial charge in [0, 0.05) is 29.8 Å². The third kappa shape index (κ3) is 2.88. The highest BCUT2D eigenvalue weighted by Crippen LogP contribution is 2.36. The second kappa shape index (κ2) is 5.72. The number of hydrogen-bond donors (Lipinski definition) is 0. The number of benzene rings is 1. The van der Waals surface area contributed by atoms with Crippen LogP contribution in [-0.2, 0) is 15.9 Å². The van der Waals surface area contributed by atoms with Crippen LogP contribution in [-0.4, -0.2) is 27.9 Å². The zero-order valence-electron chi connectivity index (χ0n) is 15.2. The first kappa shape index (κ1) is 16.4. The van der Waals surface area contributed by atoms with Crippen LogP contribution >= 0.6 is 0 Å². The van der Waals surface area contributed by atoms with Crippen molar-refractivity contribution in [3.8, 4) is 0 Å². The maximum atomic E-state index is 6.13. The van der Waals surface area contributed by atoms with Gasteiger partial charge >= 0.3 is 7.12 Å². The molecule has 0 atom stereocenters. The Kier molecular flexibility index (Phi) is 3.74. The van der Waals surface area contributed by atoms with Crippen molar-refractivity contribution in [3.63, 3.8) is 0 Å². The van der Waals surface area contributed by atoms with Crippen LogP contribution in [0.2, 0.25) is 0 Å². The molecule has 1 aliphatic heterocycles. The number of nitrogens with zero attached hydrogens (tertiary/aromatic N) is 2. The third-order valence-electron chi connectivity index (χ3n) is 5.34. The summed E-state index contributed by atoms with van der Waals surface area (Å²) in [5, 5.41) is 1.10. The second-order valence-electron chi connectivity index (χ2n) is 7.70. The van der Waals surface area contributed by atoms with Gasteiger partial charge in [-0.2, -0.15) is 0 Å². The Balaban J connectivity index is 1.62. The first-order valence-electron chi connectivity index (χ1n) is 8.70. The zero-order valence-corrected chi connectivity index (χ0v) is 15.2. The topological polar surface area (TPSA) is 36.3 Å². The van der Waals surface area contributed by atoms with Crippen LogP contribution in [0.1, 0.15) is 33.3 Å². The number of rotatable bonds is 3. The molecule has 2 aromatic heterocycles. The van der Waals surface area contributed by atoms with E-state index < -0.39 is 0 Å². The van der Waals surface area contributed by atoms with Gasteiger partial charge in [0.2, 0.25) is 0 Å². The minimum Gasteiger partial charge on any atom is -0.399 e. The normalized spacial score (nSPS) is 18.8. The average Bonchev–Trinajstić information content (AvgIpc) is 3.06. The molecule has 1 aliphatic rings. The molecular weight excluding hydrogens is 311 g/mol. The van der Waals surface area contributed by atoms with E-state index in [-0.39, 0.29) is 18.3 Å². The lowest BCUT2D eigenvalue weighted by Crippen LogP contribution is -2.41. The molecule has 0 radical (unpaired) electrons. The third-order valence-corrected chi connectivity index (χ3v) is 5.34. The molecule has 0 amide bonds. The monoisotopic (exact) mass is 334 g/mol. The summed E-state index contributed by atoms with van der Waals surface area (Å²) >= 11 is 0. The summed E-state index contributed by atoms with van der Waals surface area (Å²) in [5.74, 6) is 0. The molecule has 1 saturated heterocycles. The van der Waals surface area contributed by atoms with Gasteiger partial charge < -0.3 is 13.9 Å². The van der Waals surface area contributed by atoms with Gasteiger partial charge in [-0.3, -0.25) is 0 Å². The van der Waals surface area contributed by atoms with Crippen molar-refractivity contribution in [3.05, 3.63) is 60.4 Å². The fourth-order valence-electron chi connectivity index (χ4n) is 3.11. The van der Waals surface area contributed by atoms with Gasteiger partial charge in [-0.05, 0) is 45.4 Å². The minimum absolute atomic E-state index is 0.341. The summed E-state index contributed by atoms with van der Waals surface area (Å²) in [4.78, 5) is 4.68. The number of aromatic nitrogens is 2. The first-order chi connectivity index (χ1) is 11.9. The minimum atomic E-state index is -0.376. The van der Waals surface area contributed by atoms with Crippen molar-refractivity contribution in [2.24, 2.45) is 0 Å². The van der Waals surface area contributed by atoms with Crippen LogP contribution in [0.5, 0.6) is 0 Å². The first-order valence-corrected chi connectivity index (χ1v) is 8.70. The number of pyridine rings is 1. The molecule has 4 rings (SSSR count). The Labute approximate surface area is 148 Å². The average molecular weight is 334 g/mol. The number of fused-ring (bicyclic) bond motifs is 1. The molecule has 3 aromatic rings. The molecule has 0 aliphatic carbocycles. The van der Waals surface area contributed by atoms with Crippen LogP contribution in [0.15, 0.2) is 54.9 Å². The summed E-state index contributed by atoms with van der Waals surface area (Å²) in [7, 11) is -0.376. The van der Waals surface area contributed by atoms with Crippen molar-refractivity contribution in [1.82, 2.24) is 9.55 Å². The quantitative estimate of drug-likeness (QED) is 0.689. The van der Waals surface area contributed by atoms with E-state index >= 15 is 0 Å². The Morgan fingerprint density at radius 3 is 2.36 bits per heavy atom. The van der Waals surface area contributed by atoms with Crippen molar-refractivity contribution in [2.75, 3.05) is 0 Å². The SMILES string of the molecule is CC1(C)OB(c2cnc3c(ccn3Cc3ccccc3)c2)OC1(C)C. The summed E-state index contributed by atoms with van der Waals surface area (Å²) in [5.41, 5.74) is 2.52. The molecule has 128 valence electrons. The highest BCUT2D eigenvalue weighted by atomic mass is 16.7. The summed E-state index contributed by atoms with van der Waals surface area (Å²) < 4.78 is 14.4. The maximum Gasteiger partial charge on any atom is 0.496 e. The molecule has 0 bridgehead atoms. The predicted molar refractivity (Wildman–Crippen MR) is 101 cm³/mol. The number of hydrogen-bond acceptors (Lipinski definition) is 3. The van der Waals surface area contributed by atoms with E-state index in [1.54, 1.807) is 0 Å². The lowest BCUT2D eigenvalue weighted by atomic mass is 9.80. The van der Waals surface area contributed by atoms with Crippen molar-refractivity contribution >= 4 is 23.6 Å². The molecule has 3 heterocycles. The van der Waals surface area contributed by atoms with Crippen LogP contribution in [0, 0.1) is 0 Å². The second-order valence-corrected chi connectivity index (χ2v) is 7.70. The Morgan fingerprint density at radius 2 is 1.68 bits per heavy atom. The van der Waals surface area contributed by atoms with E-state index in [1.807, 2.05) is 12.3 Å². The highest BCUT2D eigenvalue weighted by Gasteiger charge is 2.51. The van der Waals surface area contributed by atoms with Crippen molar-refractivity contribution in [2.45, 2.75) is 45.4 Å². The highest BCUT2D eigenvalue weighted by molar-refractivity contribution is 6.62. The van der Waals surface area contributed by atoms with Crippen LogP contribution < -0.4 is 5.46 Å². The van der Waals surface area contributed by atoms with E-state index in [1.165, 1.54) is 5.56 Å². The summed E-state index contributed by atoms with van der Waals surface area (Å²) in [6, 6.07) is 14.6. The lowest BCUT2D eigenvalue weighted by molar-refractivity contribution is 0.00578. The zero-order chi connectivity index (χ0) is 17.7. The molecule has 5 heteroatoms. The van der Waals surface area contributed by atoms with Gasteiger partial charge in [-0.1, -0.05) is 30.3 Å². The molecule has 1 fully saturated rings.